The van der Waals surface area contributed by atoms with E-state index in [1.54, 1.807) is 10.6 Å². The van der Waals surface area contributed by atoms with Crippen molar-refractivity contribution < 1.29 is 0 Å². The number of nitrogens with one attached hydrogen (secondary N) is 1. The number of guanidine groups is 1. The summed E-state index contributed by atoms with van der Waals surface area (Å²) in [5.74, 6) is 0.451. The Morgan fingerprint density at radius 1 is 1.53 bits per heavy atom. The monoisotopic (exact) mass is 276 g/mol. The van der Waals surface area contributed by atoms with E-state index in [2.05, 4.69) is 17.2 Å². The van der Waals surface area contributed by atoms with Crippen molar-refractivity contribution in [1.29, 1.82) is 0 Å². The number of halogens is 2. The Bertz CT molecular complexity index is 398. The van der Waals surface area contributed by atoms with E-state index in [0.717, 1.165) is 25.1 Å². The molecule has 0 bridgehead atoms. The average Bonchev–Trinajstić information content (AvgIpc) is 2.54. The van der Waals surface area contributed by atoms with Gasteiger partial charge in [0.25, 0.3) is 0 Å². The smallest absolute Gasteiger partial charge is 0.188 e. The van der Waals surface area contributed by atoms with Crippen LogP contribution in [0.15, 0.2) is 11.1 Å². The molecule has 0 unspecified atom stereocenters. The molecule has 0 radical (unpaired) electrons. The van der Waals surface area contributed by atoms with Crippen molar-refractivity contribution in [2.75, 3.05) is 6.54 Å². The zero-order valence-electron chi connectivity index (χ0n) is 10.1. The predicted octanol–water partition coefficient (Wildman–Crippen LogP) is 2.54. The van der Waals surface area contributed by atoms with E-state index in [-0.39, 0.29) is 0 Å². The van der Waals surface area contributed by atoms with Crippen LogP contribution in [0.25, 0.3) is 0 Å². The summed E-state index contributed by atoms with van der Waals surface area (Å²) in [6.07, 6.45) is 2.21. The second-order valence-corrected chi connectivity index (χ2v) is 4.58. The van der Waals surface area contributed by atoms with Crippen molar-refractivity contribution in [3.05, 3.63) is 21.9 Å². The standard InChI is InChI=1S/C11H18Cl2N4/c1-3-4-5-15-11(14)16-7-8-6-9(12)10(13)17(8)2/h6H,3-5,7H2,1-2H3,(H3,14,15,16). The zero-order chi connectivity index (χ0) is 12.8. The third-order valence-corrected chi connectivity index (χ3v) is 3.31. The van der Waals surface area contributed by atoms with Gasteiger partial charge in [-0.25, -0.2) is 4.99 Å². The summed E-state index contributed by atoms with van der Waals surface area (Å²) in [4.78, 5) is 4.23. The van der Waals surface area contributed by atoms with Gasteiger partial charge in [0.15, 0.2) is 5.96 Å². The Labute approximate surface area is 112 Å². The molecular formula is C11H18Cl2N4. The fourth-order valence-electron chi connectivity index (χ4n) is 1.36. The SMILES string of the molecule is CCCCNC(N)=NCc1cc(Cl)c(Cl)n1C. The van der Waals surface area contributed by atoms with E-state index in [1.807, 2.05) is 7.05 Å². The van der Waals surface area contributed by atoms with Gasteiger partial charge in [0.05, 0.1) is 11.6 Å². The molecule has 0 spiro atoms. The second kappa shape index (κ2) is 6.77. The van der Waals surface area contributed by atoms with Crippen LogP contribution in [0.5, 0.6) is 0 Å². The molecule has 3 N–H and O–H groups in total. The molecular weight excluding hydrogens is 259 g/mol. The molecule has 1 aromatic heterocycles. The number of unbranched alkanes of at least 4 members (excludes halogenated alkanes) is 1. The summed E-state index contributed by atoms with van der Waals surface area (Å²) >= 11 is 11.9. The average molecular weight is 277 g/mol. The molecule has 0 atom stereocenters. The van der Waals surface area contributed by atoms with Crippen molar-refractivity contribution in [2.45, 2.75) is 26.3 Å². The van der Waals surface area contributed by atoms with Gasteiger partial charge in [-0.1, -0.05) is 36.5 Å². The molecule has 0 aliphatic heterocycles. The topological polar surface area (TPSA) is 55.3 Å². The van der Waals surface area contributed by atoms with Crippen LogP contribution >= 0.6 is 23.2 Å². The number of hydrogen-bond acceptors (Lipinski definition) is 1. The minimum Gasteiger partial charge on any atom is -0.370 e. The Morgan fingerprint density at radius 2 is 2.24 bits per heavy atom. The van der Waals surface area contributed by atoms with E-state index in [4.69, 9.17) is 28.9 Å². The molecule has 0 aliphatic rings. The lowest BCUT2D eigenvalue weighted by Crippen LogP contribution is -2.32. The van der Waals surface area contributed by atoms with Crippen molar-refractivity contribution in [2.24, 2.45) is 17.8 Å². The van der Waals surface area contributed by atoms with Crippen molar-refractivity contribution in [3.63, 3.8) is 0 Å². The van der Waals surface area contributed by atoms with Gasteiger partial charge in [-0.05, 0) is 12.5 Å². The van der Waals surface area contributed by atoms with Crippen molar-refractivity contribution >= 4 is 29.2 Å². The molecule has 4 nitrogen and oxygen atoms in total. The Balaban J connectivity index is 2.54. The molecule has 0 amide bonds. The number of hydrogen-bond donors (Lipinski definition) is 2. The largest absolute Gasteiger partial charge is 0.370 e. The van der Waals surface area contributed by atoms with Crippen LogP contribution in [0, 0.1) is 0 Å². The molecule has 6 heteroatoms. The first kappa shape index (κ1) is 14.2. The molecule has 0 saturated heterocycles. The van der Waals surface area contributed by atoms with Gasteiger partial charge in [0.1, 0.15) is 5.15 Å². The number of aromatic nitrogens is 1. The fourth-order valence-corrected chi connectivity index (χ4v) is 1.77. The molecule has 1 rings (SSSR count). The van der Waals surface area contributed by atoms with E-state index < -0.39 is 0 Å². The third-order valence-electron chi connectivity index (χ3n) is 2.46. The number of aliphatic imine (C=N–C) groups is 1. The van der Waals surface area contributed by atoms with Crippen LogP contribution in [0.3, 0.4) is 0 Å². The number of nitrogens with two attached hydrogens (primary N) is 1. The van der Waals surface area contributed by atoms with E-state index in [0.29, 0.717) is 22.7 Å². The first-order valence-corrected chi connectivity index (χ1v) is 6.35. The highest BCUT2D eigenvalue weighted by Crippen LogP contribution is 2.25. The summed E-state index contributed by atoms with van der Waals surface area (Å²) in [5, 5.41) is 4.11. The molecule has 1 aromatic rings. The highest BCUT2D eigenvalue weighted by molar-refractivity contribution is 6.41. The summed E-state index contributed by atoms with van der Waals surface area (Å²) in [5.41, 5.74) is 6.65. The van der Waals surface area contributed by atoms with E-state index in [9.17, 15) is 0 Å². The number of nitrogens with zero attached hydrogens (tertiary/aromatic N) is 2. The molecule has 96 valence electrons. The van der Waals surface area contributed by atoms with Gasteiger partial charge in [-0.2, -0.15) is 0 Å². The molecule has 0 aromatic carbocycles. The van der Waals surface area contributed by atoms with Crippen LogP contribution in [-0.4, -0.2) is 17.1 Å². The predicted molar refractivity (Wildman–Crippen MR) is 73.7 cm³/mol. The van der Waals surface area contributed by atoms with Gasteiger partial charge in [-0.3, -0.25) is 0 Å². The maximum absolute atomic E-state index is 5.95. The van der Waals surface area contributed by atoms with Crippen LogP contribution in [0.1, 0.15) is 25.5 Å². The summed E-state index contributed by atoms with van der Waals surface area (Å²) in [6.45, 7) is 3.44. The van der Waals surface area contributed by atoms with Gasteiger partial charge >= 0.3 is 0 Å². The summed E-state index contributed by atoms with van der Waals surface area (Å²) in [6, 6.07) is 1.80. The van der Waals surface area contributed by atoms with Crippen LogP contribution < -0.4 is 11.1 Å². The number of rotatable bonds is 5. The molecule has 0 aliphatic carbocycles. The molecule has 17 heavy (non-hydrogen) atoms. The quantitative estimate of drug-likeness (QED) is 0.493. The van der Waals surface area contributed by atoms with Gasteiger partial charge in [0, 0.05) is 19.3 Å². The Kier molecular flexibility index (Phi) is 5.65. The van der Waals surface area contributed by atoms with Gasteiger partial charge in [-0.15, -0.1) is 0 Å². The van der Waals surface area contributed by atoms with E-state index in [1.165, 1.54) is 0 Å². The third kappa shape index (κ3) is 4.13. The normalized spacial score (nSPS) is 11.9. The highest BCUT2D eigenvalue weighted by Gasteiger charge is 2.07. The van der Waals surface area contributed by atoms with Crippen LogP contribution in [0.4, 0.5) is 0 Å². The lowest BCUT2D eigenvalue weighted by Gasteiger charge is -2.05. The second-order valence-electron chi connectivity index (χ2n) is 3.82. The molecule has 0 fully saturated rings. The Morgan fingerprint density at radius 3 is 2.76 bits per heavy atom. The first-order valence-electron chi connectivity index (χ1n) is 5.59. The first-order chi connectivity index (χ1) is 8.06. The Hall–Kier alpha value is -0.870. The maximum Gasteiger partial charge on any atom is 0.188 e. The van der Waals surface area contributed by atoms with Crippen LogP contribution in [0.2, 0.25) is 10.2 Å². The lowest BCUT2D eigenvalue weighted by atomic mass is 10.3. The van der Waals surface area contributed by atoms with E-state index >= 15 is 0 Å². The van der Waals surface area contributed by atoms with Gasteiger partial charge < -0.3 is 15.6 Å². The minimum absolute atomic E-state index is 0.451. The zero-order valence-corrected chi connectivity index (χ0v) is 11.6. The molecule has 0 saturated carbocycles. The van der Waals surface area contributed by atoms with Crippen molar-refractivity contribution in [1.82, 2.24) is 9.88 Å². The highest BCUT2D eigenvalue weighted by atomic mass is 35.5. The fraction of sp³-hybridized carbons (Fsp3) is 0.545. The van der Waals surface area contributed by atoms with Crippen LogP contribution in [-0.2, 0) is 13.6 Å². The van der Waals surface area contributed by atoms with Crippen molar-refractivity contribution in [3.8, 4) is 0 Å². The summed E-state index contributed by atoms with van der Waals surface area (Å²) < 4.78 is 1.80. The lowest BCUT2D eigenvalue weighted by molar-refractivity contribution is 0.745. The molecule has 1 heterocycles. The summed E-state index contributed by atoms with van der Waals surface area (Å²) in [7, 11) is 1.85. The van der Waals surface area contributed by atoms with Gasteiger partial charge in [0.2, 0.25) is 0 Å². The maximum atomic E-state index is 5.95. The minimum atomic E-state index is 0.451.